The van der Waals surface area contributed by atoms with Gasteiger partial charge in [-0.15, -0.1) is 0 Å². The highest BCUT2D eigenvalue weighted by Gasteiger charge is 2.22. The maximum Gasteiger partial charge on any atom is 0.335 e. The Morgan fingerprint density at radius 1 is 1.04 bits per heavy atom. The van der Waals surface area contributed by atoms with E-state index in [0.29, 0.717) is 53.6 Å². The maximum atomic E-state index is 14.3. The average molecular weight is 638 g/mol. The molecule has 1 atom stereocenters. The predicted octanol–water partition coefficient (Wildman–Crippen LogP) is 4.75. The number of pyridine rings is 1. The van der Waals surface area contributed by atoms with Crippen LogP contribution in [0.4, 0.5) is 4.39 Å². The highest BCUT2D eigenvalue weighted by molar-refractivity contribution is 5.92. The molecule has 2 N–H and O–H groups in total. The smallest absolute Gasteiger partial charge is 0.335 e. The summed E-state index contributed by atoms with van der Waals surface area (Å²) in [6.45, 7) is 0.749. The Hall–Kier alpha value is -5.64. The van der Waals surface area contributed by atoms with Crippen molar-refractivity contribution in [2.75, 3.05) is 27.4 Å². The van der Waals surface area contributed by atoms with Crippen molar-refractivity contribution in [3.8, 4) is 23.2 Å². The van der Waals surface area contributed by atoms with Gasteiger partial charge in [0.2, 0.25) is 5.88 Å². The first kappa shape index (κ1) is 32.7. The van der Waals surface area contributed by atoms with Crippen LogP contribution in [0.1, 0.15) is 32.9 Å². The third-order valence-electron chi connectivity index (χ3n) is 7.50. The summed E-state index contributed by atoms with van der Waals surface area (Å²) in [6, 6.07) is 23.9. The van der Waals surface area contributed by atoms with Gasteiger partial charge >= 0.3 is 5.97 Å². The van der Waals surface area contributed by atoms with Crippen LogP contribution in [-0.4, -0.2) is 65.0 Å². The van der Waals surface area contributed by atoms with Gasteiger partial charge in [0.05, 0.1) is 47.1 Å². The van der Waals surface area contributed by atoms with E-state index in [1.54, 1.807) is 31.4 Å². The number of methoxy groups -OCH3 is 2. The van der Waals surface area contributed by atoms with Crippen LogP contribution in [-0.2, 0) is 33.8 Å². The number of halogens is 1. The molecule has 0 saturated heterocycles. The first-order valence-electron chi connectivity index (χ1n) is 14.7. The predicted molar refractivity (Wildman–Crippen MR) is 170 cm³/mol. The van der Waals surface area contributed by atoms with E-state index in [1.165, 1.54) is 31.4 Å². The molecule has 2 heterocycles. The zero-order chi connectivity index (χ0) is 33.3. The second-order valence-corrected chi connectivity index (χ2v) is 10.6. The number of rotatable bonds is 14. The molecule has 0 saturated carbocycles. The van der Waals surface area contributed by atoms with Crippen LogP contribution in [0.15, 0.2) is 78.9 Å². The lowest BCUT2D eigenvalue weighted by Crippen LogP contribution is -2.40. The van der Waals surface area contributed by atoms with E-state index in [-0.39, 0.29) is 30.2 Å². The molecule has 1 amide bonds. The molecule has 47 heavy (non-hydrogen) atoms. The number of hydrogen-bond donors (Lipinski definition) is 2. The first-order valence-corrected chi connectivity index (χ1v) is 14.7. The third kappa shape index (κ3) is 7.96. The summed E-state index contributed by atoms with van der Waals surface area (Å²) < 4.78 is 32.4. The van der Waals surface area contributed by atoms with Crippen LogP contribution in [0.2, 0.25) is 0 Å². The number of carbonyl (C=O) groups excluding carboxylic acids is 1. The molecule has 240 valence electrons. The second-order valence-electron chi connectivity index (χ2n) is 10.6. The number of nitrogens with one attached hydrogen (secondary N) is 1. The monoisotopic (exact) mass is 637 g/mol. The number of aromatic carboxylic acids is 1. The Balaban J connectivity index is 1.35. The van der Waals surface area contributed by atoms with E-state index >= 15 is 0 Å². The number of nitrogens with zero attached hydrogens (tertiary/aromatic N) is 4. The van der Waals surface area contributed by atoms with Gasteiger partial charge in [-0.3, -0.25) is 4.79 Å². The summed E-state index contributed by atoms with van der Waals surface area (Å²) in [6.07, 6.45) is -0.459. The van der Waals surface area contributed by atoms with E-state index < -0.39 is 17.9 Å². The number of imidazole rings is 1. The van der Waals surface area contributed by atoms with E-state index in [1.807, 2.05) is 41.0 Å². The van der Waals surface area contributed by atoms with Gasteiger partial charge < -0.3 is 29.2 Å². The molecule has 0 fully saturated rings. The van der Waals surface area contributed by atoms with Crippen LogP contribution in [0, 0.1) is 17.1 Å². The van der Waals surface area contributed by atoms with E-state index in [9.17, 15) is 19.1 Å². The van der Waals surface area contributed by atoms with Gasteiger partial charge in [0.15, 0.2) is 6.10 Å². The lowest BCUT2D eigenvalue weighted by atomic mass is 10.1. The molecular weight excluding hydrogens is 605 g/mol. The summed E-state index contributed by atoms with van der Waals surface area (Å²) in [7, 11) is 2.99. The first-order chi connectivity index (χ1) is 22.8. The molecule has 0 radical (unpaired) electrons. The number of ether oxygens (including phenoxy) is 3. The van der Waals surface area contributed by atoms with Gasteiger partial charge in [-0.25, -0.2) is 19.2 Å². The van der Waals surface area contributed by atoms with E-state index in [0.717, 1.165) is 11.1 Å². The molecule has 0 unspecified atom stereocenters. The Morgan fingerprint density at radius 2 is 1.85 bits per heavy atom. The van der Waals surface area contributed by atoms with E-state index in [4.69, 9.17) is 24.5 Å². The number of carboxylic acids is 1. The highest BCUT2D eigenvalue weighted by atomic mass is 19.1. The Kier molecular flexibility index (Phi) is 10.5. The van der Waals surface area contributed by atoms with Crippen LogP contribution in [0.3, 0.4) is 0 Å². The standard InChI is InChI=1S/C35H32FN5O6/c1-45-15-14-38-34(42)31(46-2)20-41-30-18-25(35(43)44)12-13-29(30)39-32(41)17-22-6-9-24(10-7-22)28-4-3-5-33(40-28)47-21-26-11-8-23(19-37)16-27(26)36/h3-13,16,18,31H,14-15,17,20-21H2,1-2H3,(H,38,42)(H,43,44)/t31-/m1/s1. The molecule has 0 aliphatic rings. The second kappa shape index (κ2) is 15.1. The van der Waals surface area contributed by atoms with Gasteiger partial charge in [0.25, 0.3) is 5.91 Å². The molecule has 0 aliphatic heterocycles. The number of benzene rings is 3. The number of amides is 1. The normalized spacial score (nSPS) is 11.6. The van der Waals surface area contributed by atoms with Crippen molar-refractivity contribution >= 4 is 22.9 Å². The van der Waals surface area contributed by atoms with Crippen molar-refractivity contribution < 1.29 is 33.3 Å². The molecule has 3 aromatic carbocycles. The van der Waals surface area contributed by atoms with Crippen LogP contribution in [0.5, 0.6) is 5.88 Å². The van der Waals surface area contributed by atoms with Crippen molar-refractivity contribution in [2.24, 2.45) is 0 Å². The average Bonchev–Trinajstić information content (AvgIpc) is 3.42. The maximum absolute atomic E-state index is 14.3. The summed E-state index contributed by atoms with van der Waals surface area (Å²) in [5.74, 6) is -0.956. The van der Waals surface area contributed by atoms with Crippen LogP contribution < -0.4 is 10.1 Å². The Morgan fingerprint density at radius 3 is 2.55 bits per heavy atom. The lowest BCUT2D eigenvalue weighted by Gasteiger charge is -2.18. The number of aromatic nitrogens is 3. The molecular formula is C35H32FN5O6. The molecule has 0 bridgehead atoms. The summed E-state index contributed by atoms with van der Waals surface area (Å²) >= 11 is 0. The molecule has 2 aromatic heterocycles. The summed E-state index contributed by atoms with van der Waals surface area (Å²) in [4.78, 5) is 33.9. The third-order valence-corrected chi connectivity index (χ3v) is 7.50. The Bertz CT molecular complexity index is 1940. The fourth-order valence-corrected chi connectivity index (χ4v) is 4.98. The zero-order valence-corrected chi connectivity index (χ0v) is 25.8. The van der Waals surface area contributed by atoms with Crippen molar-refractivity contribution in [1.82, 2.24) is 19.9 Å². The van der Waals surface area contributed by atoms with Crippen molar-refractivity contribution in [2.45, 2.75) is 25.7 Å². The van der Waals surface area contributed by atoms with Gasteiger partial charge in [0.1, 0.15) is 18.2 Å². The minimum atomic E-state index is -1.07. The number of carboxylic acid groups (broad SMARTS) is 1. The minimum Gasteiger partial charge on any atom is -0.478 e. The van der Waals surface area contributed by atoms with Gasteiger partial charge in [0, 0.05) is 44.4 Å². The fraction of sp³-hybridized carbons (Fsp3) is 0.229. The number of fused-ring (bicyclic) bond motifs is 1. The molecule has 0 spiro atoms. The largest absolute Gasteiger partial charge is 0.478 e. The van der Waals surface area contributed by atoms with Gasteiger partial charge in [-0.05, 0) is 42.0 Å². The van der Waals surface area contributed by atoms with Gasteiger partial charge in [-0.1, -0.05) is 36.4 Å². The fourth-order valence-electron chi connectivity index (χ4n) is 4.98. The van der Waals surface area contributed by atoms with Crippen LogP contribution >= 0.6 is 0 Å². The highest BCUT2D eigenvalue weighted by Crippen LogP contribution is 2.25. The summed E-state index contributed by atoms with van der Waals surface area (Å²) in [5, 5.41) is 21.3. The minimum absolute atomic E-state index is 0.0410. The van der Waals surface area contributed by atoms with Crippen LogP contribution in [0.25, 0.3) is 22.3 Å². The zero-order valence-electron chi connectivity index (χ0n) is 25.8. The van der Waals surface area contributed by atoms with Gasteiger partial charge in [-0.2, -0.15) is 5.26 Å². The Labute approximate surface area is 270 Å². The molecule has 0 aliphatic carbocycles. The number of nitriles is 1. The van der Waals surface area contributed by atoms with Crippen molar-refractivity contribution in [1.29, 1.82) is 5.26 Å². The molecule has 5 aromatic rings. The molecule has 12 heteroatoms. The number of carbonyl (C=O) groups is 2. The SMILES string of the molecule is COCCNC(=O)[C@@H](Cn1c(Cc2ccc(-c3cccc(OCc4ccc(C#N)cc4F)n3)cc2)nc2ccc(C(=O)O)cc21)OC. The van der Waals surface area contributed by atoms with Crippen molar-refractivity contribution in [3.05, 3.63) is 113 Å². The quantitative estimate of drug-likeness (QED) is 0.165. The molecule has 11 nitrogen and oxygen atoms in total. The lowest BCUT2D eigenvalue weighted by molar-refractivity contribution is -0.131. The number of hydrogen-bond acceptors (Lipinski definition) is 8. The molecule has 5 rings (SSSR count). The summed E-state index contributed by atoms with van der Waals surface area (Å²) in [5.41, 5.74) is 4.23. The topological polar surface area (TPSA) is 149 Å². The van der Waals surface area contributed by atoms with Crippen molar-refractivity contribution in [3.63, 3.8) is 0 Å². The van der Waals surface area contributed by atoms with E-state index in [2.05, 4.69) is 10.3 Å².